The number of ether oxygens (including phenoxy) is 1. The van der Waals surface area contributed by atoms with Crippen LogP contribution in [0.1, 0.15) is 42.6 Å². The van der Waals surface area contributed by atoms with E-state index in [1.807, 2.05) is 30.9 Å². The van der Waals surface area contributed by atoms with Gasteiger partial charge in [0.2, 0.25) is 0 Å². The van der Waals surface area contributed by atoms with Gasteiger partial charge in [-0.2, -0.15) is 0 Å². The average Bonchev–Trinajstić information content (AvgIpc) is 3.26. The van der Waals surface area contributed by atoms with Crippen molar-refractivity contribution in [1.29, 1.82) is 0 Å². The fraction of sp³-hybridized carbons (Fsp3) is 0.579. The first-order valence-electron chi connectivity index (χ1n) is 9.02. The summed E-state index contributed by atoms with van der Waals surface area (Å²) in [5.74, 6) is 0. The smallest absolute Gasteiger partial charge is 0.0949 e. The van der Waals surface area contributed by atoms with Crippen molar-refractivity contribution < 1.29 is 4.74 Å². The zero-order valence-corrected chi connectivity index (χ0v) is 14.4. The Morgan fingerprint density at radius 2 is 2.00 bits per heavy atom. The average molecular weight is 326 g/mol. The molecule has 0 unspecified atom stereocenters. The van der Waals surface area contributed by atoms with Gasteiger partial charge < -0.3 is 9.30 Å². The van der Waals surface area contributed by atoms with Gasteiger partial charge in [-0.3, -0.25) is 9.88 Å². The van der Waals surface area contributed by atoms with E-state index in [9.17, 15) is 0 Å². The minimum Gasteiger partial charge on any atom is -0.375 e. The second-order valence-corrected chi connectivity index (χ2v) is 7.09. The number of nitrogens with zero attached hydrogens (tertiary/aromatic N) is 4. The summed E-state index contributed by atoms with van der Waals surface area (Å²) < 4.78 is 8.26. The van der Waals surface area contributed by atoms with Crippen LogP contribution >= 0.6 is 0 Å². The van der Waals surface area contributed by atoms with Crippen molar-refractivity contribution in [3.8, 4) is 0 Å². The maximum absolute atomic E-state index is 6.08. The molecule has 0 bridgehead atoms. The van der Waals surface area contributed by atoms with Crippen molar-refractivity contribution in [3.63, 3.8) is 0 Å². The molecule has 24 heavy (non-hydrogen) atoms. The van der Waals surface area contributed by atoms with Gasteiger partial charge in [-0.1, -0.05) is 12.8 Å². The Hall–Kier alpha value is -1.72. The Kier molecular flexibility index (Phi) is 4.63. The minimum atomic E-state index is 0.456. The second-order valence-electron chi connectivity index (χ2n) is 7.09. The molecule has 2 aromatic rings. The van der Waals surface area contributed by atoms with Gasteiger partial charge in [0.1, 0.15) is 0 Å². The predicted octanol–water partition coefficient (Wildman–Crippen LogP) is 2.70. The quantitative estimate of drug-likeness (QED) is 0.847. The zero-order valence-electron chi connectivity index (χ0n) is 14.4. The molecule has 0 spiro atoms. The molecular weight excluding hydrogens is 300 g/mol. The van der Waals surface area contributed by atoms with E-state index in [1.54, 1.807) is 0 Å². The lowest BCUT2D eigenvalue weighted by molar-refractivity contribution is 0.0193. The van der Waals surface area contributed by atoms with Crippen LogP contribution < -0.4 is 0 Å². The van der Waals surface area contributed by atoms with Gasteiger partial charge in [-0.05, 0) is 30.5 Å². The van der Waals surface area contributed by atoms with Gasteiger partial charge in [0.25, 0.3) is 0 Å². The third-order valence-electron chi connectivity index (χ3n) is 5.50. The largest absolute Gasteiger partial charge is 0.375 e. The van der Waals surface area contributed by atoms with Crippen molar-refractivity contribution in [2.75, 3.05) is 6.61 Å². The number of pyridine rings is 1. The normalized spacial score (nSPS) is 22.0. The molecule has 1 saturated carbocycles. The van der Waals surface area contributed by atoms with Crippen LogP contribution in [0.2, 0.25) is 0 Å². The number of hydrogen-bond donors (Lipinski definition) is 0. The Morgan fingerprint density at radius 3 is 2.79 bits per heavy atom. The number of aromatic nitrogens is 3. The molecule has 2 aliphatic rings. The van der Waals surface area contributed by atoms with E-state index in [-0.39, 0.29) is 0 Å². The molecule has 2 aromatic heterocycles. The summed E-state index contributed by atoms with van der Waals surface area (Å²) in [6.45, 7) is 2.42. The molecule has 0 amide bonds. The van der Waals surface area contributed by atoms with Gasteiger partial charge in [0, 0.05) is 50.2 Å². The topological polar surface area (TPSA) is 43.2 Å². The first-order valence-corrected chi connectivity index (χ1v) is 9.02. The lowest BCUT2D eigenvalue weighted by Gasteiger charge is -2.39. The number of hydrogen-bond acceptors (Lipinski definition) is 4. The highest BCUT2D eigenvalue weighted by molar-refractivity contribution is 5.19. The molecule has 5 heteroatoms. The predicted molar refractivity (Wildman–Crippen MR) is 92.4 cm³/mol. The minimum absolute atomic E-state index is 0.456. The summed E-state index contributed by atoms with van der Waals surface area (Å²) >= 11 is 0. The van der Waals surface area contributed by atoms with Crippen LogP contribution in [0.5, 0.6) is 0 Å². The molecule has 0 N–H and O–H groups in total. The van der Waals surface area contributed by atoms with E-state index in [1.165, 1.54) is 42.6 Å². The van der Waals surface area contributed by atoms with Gasteiger partial charge in [-0.25, -0.2) is 4.98 Å². The first-order chi connectivity index (χ1) is 11.8. The summed E-state index contributed by atoms with van der Waals surface area (Å²) in [5.41, 5.74) is 3.82. The monoisotopic (exact) mass is 326 g/mol. The summed E-state index contributed by atoms with van der Waals surface area (Å²) in [6, 6.07) is 5.21. The van der Waals surface area contributed by atoms with E-state index in [4.69, 9.17) is 4.74 Å². The Labute approximate surface area is 143 Å². The maximum Gasteiger partial charge on any atom is 0.0949 e. The van der Waals surface area contributed by atoms with E-state index in [2.05, 4.69) is 26.5 Å². The van der Waals surface area contributed by atoms with Gasteiger partial charge in [-0.15, -0.1) is 0 Å². The lowest BCUT2D eigenvalue weighted by Crippen LogP contribution is -2.48. The third kappa shape index (κ3) is 3.23. The fourth-order valence-electron chi connectivity index (χ4n) is 4.15. The lowest BCUT2D eigenvalue weighted by atomic mass is 9.99. The molecule has 4 rings (SSSR count). The molecular formula is C19H26N4O. The zero-order chi connectivity index (χ0) is 16.4. The van der Waals surface area contributed by atoms with Crippen molar-refractivity contribution >= 4 is 0 Å². The molecule has 3 heterocycles. The number of imidazole rings is 1. The van der Waals surface area contributed by atoms with Crippen molar-refractivity contribution in [2.24, 2.45) is 7.05 Å². The Morgan fingerprint density at radius 1 is 1.21 bits per heavy atom. The van der Waals surface area contributed by atoms with Crippen LogP contribution in [0.15, 0.2) is 30.9 Å². The molecule has 0 aromatic carbocycles. The van der Waals surface area contributed by atoms with E-state index in [0.717, 1.165) is 19.6 Å². The molecule has 1 atom stereocenters. The van der Waals surface area contributed by atoms with E-state index < -0.39 is 0 Å². The summed E-state index contributed by atoms with van der Waals surface area (Å²) in [6.07, 6.45) is 12.0. The van der Waals surface area contributed by atoms with Crippen molar-refractivity contribution in [3.05, 3.63) is 47.8 Å². The number of rotatable bonds is 5. The molecule has 0 radical (unpaired) electrons. The summed E-state index contributed by atoms with van der Waals surface area (Å²) in [7, 11) is 2.10. The Balaban J connectivity index is 1.44. The maximum atomic E-state index is 6.08. The standard InChI is InChI=1S/C19H26N4O/c1-22-14-21-18-11-23(16-4-2-3-5-16)17(10-19(18)22)13-24-12-15-6-8-20-9-7-15/h6-9,14,16-17H,2-5,10-13H2,1H3/t17-/m0/s1. The van der Waals surface area contributed by atoms with Crippen LogP contribution in [0.25, 0.3) is 0 Å². The van der Waals surface area contributed by atoms with Crippen LogP contribution in [0.4, 0.5) is 0 Å². The second kappa shape index (κ2) is 7.03. The highest BCUT2D eigenvalue weighted by Gasteiger charge is 2.34. The highest BCUT2D eigenvalue weighted by Crippen LogP contribution is 2.31. The SMILES string of the molecule is Cn1cnc2c1C[C@@H](COCc1ccncc1)N(C1CCCC1)C2. The molecule has 1 aliphatic heterocycles. The van der Waals surface area contributed by atoms with Gasteiger partial charge in [0.15, 0.2) is 0 Å². The van der Waals surface area contributed by atoms with Crippen LogP contribution in [-0.2, 0) is 31.4 Å². The van der Waals surface area contributed by atoms with Crippen LogP contribution in [0.3, 0.4) is 0 Å². The van der Waals surface area contributed by atoms with Gasteiger partial charge >= 0.3 is 0 Å². The van der Waals surface area contributed by atoms with Crippen molar-refractivity contribution in [1.82, 2.24) is 19.4 Å². The fourth-order valence-corrected chi connectivity index (χ4v) is 4.15. The van der Waals surface area contributed by atoms with Crippen LogP contribution in [0, 0.1) is 0 Å². The molecule has 1 fully saturated rings. The third-order valence-corrected chi connectivity index (χ3v) is 5.50. The highest BCUT2D eigenvalue weighted by atomic mass is 16.5. The van der Waals surface area contributed by atoms with Crippen LogP contribution in [-0.4, -0.2) is 38.1 Å². The van der Waals surface area contributed by atoms with Crippen molar-refractivity contribution in [2.45, 2.75) is 57.3 Å². The first kappa shape index (κ1) is 15.8. The molecule has 0 saturated heterocycles. The number of fused-ring (bicyclic) bond motifs is 1. The molecule has 128 valence electrons. The molecule has 5 nitrogen and oxygen atoms in total. The van der Waals surface area contributed by atoms with E-state index in [0.29, 0.717) is 18.7 Å². The Bertz CT molecular complexity index is 663. The van der Waals surface area contributed by atoms with Gasteiger partial charge in [0.05, 0.1) is 25.2 Å². The van der Waals surface area contributed by atoms with E-state index >= 15 is 0 Å². The number of aryl methyl sites for hydroxylation is 1. The summed E-state index contributed by atoms with van der Waals surface area (Å²) in [4.78, 5) is 11.3. The molecule has 1 aliphatic carbocycles. The summed E-state index contributed by atoms with van der Waals surface area (Å²) in [5, 5.41) is 0.